The molecule has 0 bridgehead atoms. The highest BCUT2D eigenvalue weighted by atomic mass is 32.2. The van der Waals surface area contributed by atoms with Crippen LogP contribution in [0.15, 0.2) is 30.3 Å². The van der Waals surface area contributed by atoms with Gasteiger partial charge < -0.3 is 25.8 Å². The number of carboxylic acid groups (broad SMARTS) is 1. The van der Waals surface area contributed by atoms with Crippen LogP contribution in [0, 0.1) is 0 Å². The first-order valence-electron chi connectivity index (χ1n) is 15.6. The molecule has 0 saturated carbocycles. The van der Waals surface area contributed by atoms with Crippen LogP contribution in [0.4, 0.5) is 92.6 Å². The summed E-state index contributed by atoms with van der Waals surface area (Å²) in [5.41, 5.74) is 5.46. The molecule has 0 unspecified atom stereocenters. The van der Waals surface area contributed by atoms with E-state index in [-0.39, 0.29) is 19.4 Å². The average Bonchev–Trinajstić information content (AvgIpc) is 3.11. The maximum absolute atomic E-state index is 14.1. The van der Waals surface area contributed by atoms with Crippen molar-refractivity contribution in [1.82, 2.24) is 14.5 Å². The lowest BCUT2D eigenvalue weighted by atomic mass is 9.91. The second-order valence-corrected chi connectivity index (χ2v) is 14.1. The molecule has 4 N–H and O–H groups in total. The maximum atomic E-state index is 14.1. The van der Waals surface area contributed by atoms with Gasteiger partial charge in [0.1, 0.15) is 19.1 Å². The van der Waals surface area contributed by atoms with Crippen molar-refractivity contribution in [2.75, 3.05) is 26.2 Å². The zero-order chi connectivity index (χ0) is 48.2. The maximum Gasteiger partial charge on any atom is 0.460 e. The number of carbonyl (C=O) groups excluding carboxylic acids is 3. The van der Waals surface area contributed by atoms with Gasteiger partial charge >= 0.3 is 71.1 Å². The largest absolute Gasteiger partial charge is 0.480 e. The van der Waals surface area contributed by atoms with E-state index in [9.17, 15) is 115 Å². The van der Waals surface area contributed by atoms with Crippen LogP contribution >= 0.6 is 0 Å². The molecular weight excluding hydrogens is 932 g/mol. The number of halogens is 20. The van der Waals surface area contributed by atoms with Crippen molar-refractivity contribution < 1.29 is 125 Å². The van der Waals surface area contributed by atoms with Gasteiger partial charge in [0.15, 0.2) is 0 Å². The number of hydrogen-bond donors (Lipinski definition) is 3. The third-order valence-electron chi connectivity index (χ3n) is 7.78. The van der Waals surface area contributed by atoms with Crippen LogP contribution in [0.5, 0.6) is 0 Å². The Morgan fingerprint density at radius 3 is 1.51 bits per heavy atom. The number of benzene rings is 1. The van der Waals surface area contributed by atoms with E-state index in [0.29, 0.717) is 4.90 Å². The molecular formula is C28H26F20N4O8S. The van der Waals surface area contributed by atoms with Gasteiger partial charge in [0.05, 0.1) is 0 Å². The highest BCUT2D eigenvalue weighted by Crippen LogP contribution is 2.64. The minimum Gasteiger partial charge on any atom is -0.480 e. The van der Waals surface area contributed by atoms with E-state index in [1.807, 2.05) is 0 Å². The number of amides is 3. The molecule has 61 heavy (non-hydrogen) atoms. The monoisotopic (exact) mass is 958 g/mol. The van der Waals surface area contributed by atoms with Crippen LogP contribution < -0.4 is 11.1 Å². The molecule has 2 rings (SSSR count). The zero-order valence-electron chi connectivity index (χ0n) is 29.4. The highest BCUT2D eigenvalue weighted by Gasteiger charge is 2.96. The van der Waals surface area contributed by atoms with Crippen molar-refractivity contribution in [3.05, 3.63) is 35.9 Å². The van der Waals surface area contributed by atoms with Gasteiger partial charge in [-0.2, -0.15) is 92.1 Å². The van der Waals surface area contributed by atoms with Crippen molar-refractivity contribution >= 4 is 33.9 Å². The second-order valence-electron chi connectivity index (χ2n) is 12.1. The van der Waals surface area contributed by atoms with E-state index in [2.05, 4.69) is 0 Å². The van der Waals surface area contributed by atoms with E-state index < -0.39 is 130 Å². The predicted molar refractivity (Wildman–Crippen MR) is 158 cm³/mol. The minimum absolute atomic E-state index is 0.00214. The first-order chi connectivity index (χ1) is 27.1. The number of piperazine rings is 1. The van der Waals surface area contributed by atoms with Gasteiger partial charge in [-0.1, -0.05) is 30.3 Å². The van der Waals surface area contributed by atoms with Crippen LogP contribution in [-0.4, -0.2) is 132 Å². The van der Waals surface area contributed by atoms with Crippen molar-refractivity contribution in [1.29, 1.82) is 0 Å². The SMILES string of the molecule is NC(=O)N1CCN(S(=O)(=O)C(F)(F)C(F)(F)C(F)(F)C(F)(F)C(F)(F)C(F)(F)C(F)(F)C(F)(F)F)CC1.O=C(CC(F)(F)F)N[C@@H](CCC(=O)OCc1ccccc1)C(=O)O. The van der Waals surface area contributed by atoms with Gasteiger partial charge in [-0.05, 0) is 12.0 Å². The van der Waals surface area contributed by atoms with E-state index >= 15 is 0 Å². The number of sulfonamides is 1. The lowest BCUT2D eigenvalue weighted by Gasteiger charge is -2.43. The third-order valence-corrected chi connectivity index (χ3v) is 9.73. The average molecular weight is 959 g/mol. The fraction of sp³-hybridized carbons (Fsp3) is 0.643. The number of alkyl halides is 20. The molecule has 1 fully saturated rings. The minimum atomic E-state index is -8.88. The number of esters is 1. The van der Waals surface area contributed by atoms with Crippen LogP contribution in [0.2, 0.25) is 0 Å². The zero-order valence-corrected chi connectivity index (χ0v) is 30.2. The summed E-state index contributed by atoms with van der Waals surface area (Å²) in [4.78, 5) is 45.0. The van der Waals surface area contributed by atoms with E-state index in [4.69, 9.17) is 15.6 Å². The molecule has 0 aromatic heterocycles. The first-order valence-corrected chi connectivity index (χ1v) is 17.1. The number of nitrogens with two attached hydrogens (primary N) is 1. The van der Waals surface area contributed by atoms with Crippen LogP contribution in [0.25, 0.3) is 0 Å². The summed E-state index contributed by atoms with van der Waals surface area (Å²) in [6, 6.07) is 5.80. The molecule has 1 saturated heterocycles. The third kappa shape index (κ3) is 11.3. The van der Waals surface area contributed by atoms with Gasteiger partial charge in [-0.15, -0.1) is 0 Å². The number of urea groups is 1. The van der Waals surface area contributed by atoms with Crippen LogP contribution in [0.3, 0.4) is 0 Å². The van der Waals surface area contributed by atoms with Crippen molar-refractivity contribution in [2.24, 2.45) is 5.73 Å². The molecule has 3 amide bonds. The number of nitrogens with zero attached hydrogens (tertiary/aromatic N) is 2. The molecule has 352 valence electrons. The number of ether oxygens (including phenoxy) is 1. The molecule has 1 aromatic rings. The number of rotatable bonds is 16. The fourth-order valence-corrected chi connectivity index (χ4v) is 5.80. The summed E-state index contributed by atoms with van der Waals surface area (Å²) in [6.07, 6.45) is -15.1. The standard InChI is InChI=1S/C15H16F3NO5.C13H10F17N3O3S/c16-15(17,18)8-12(20)19-11(14(22)23)6-7-13(21)24-9-10-4-2-1-3-5-10;14-6(15,8(18,19)10(22,23)12(26,27)28)7(16,17)9(20,21)11(24,25)13(29,30)37(35,36)33-3-1-32(2-4-33)5(31)34/h1-5,11H,6-9H2,(H,19,20)(H,22,23);1-4H2,(H2,31,34)/t11-;/m0./s1. The second kappa shape index (κ2) is 18.4. The van der Waals surface area contributed by atoms with Gasteiger partial charge in [0.25, 0.3) is 10.0 Å². The van der Waals surface area contributed by atoms with E-state index in [0.717, 1.165) is 5.56 Å². The fourth-order valence-electron chi connectivity index (χ4n) is 4.38. The predicted octanol–water partition coefficient (Wildman–Crippen LogP) is 6.01. The van der Waals surface area contributed by atoms with Crippen molar-refractivity contribution in [3.8, 4) is 0 Å². The molecule has 0 spiro atoms. The summed E-state index contributed by atoms with van der Waals surface area (Å²) in [7, 11) is -7.35. The van der Waals surface area contributed by atoms with Crippen molar-refractivity contribution in [3.63, 3.8) is 0 Å². The molecule has 0 radical (unpaired) electrons. The number of primary amides is 1. The Morgan fingerprint density at radius 2 is 1.11 bits per heavy atom. The van der Waals surface area contributed by atoms with Gasteiger partial charge in [-0.3, -0.25) is 9.59 Å². The summed E-state index contributed by atoms with van der Waals surface area (Å²) in [6.45, 7) is -4.94. The number of nitrogens with one attached hydrogen (secondary N) is 1. The first kappa shape index (κ1) is 54.4. The Kier molecular flexibility index (Phi) is 16.4. The summed E-state index contributed by atoms with van der Waals surface area (Å²) in [5, 5.41) is 3.02. The molecule has 33 heteroatoms. The summed E-state index contributed by atoms with van der Waals surface area (Å²) in [5.74, 6) is -55.6. The van der Waals surface area contributed by atoms with E-state index in [1.165, 1.54) is 0 Å². The highest BCUT2D eigenvalue weighted by molar-refractivity contribution is 7.90. The number of carbonyl (C=O) groups is 4. The summed E-state index contributed by atoms with van der Waals surface area (Å²) < 4.78 is 290. The lowest BCUT2D eigenvalue weighted by molar-refractivity contribution is -0.458. The molecule has 1 aliphatic heterocycles. The summed E-state index contributed by atoms with van der Waals surface area (Å²) >= 11 is 0. The molecule has 12 nitrogen and oxygen atoms in total. The Balaban J connectivity index is 0.000000668. The molecule has 0 aliphatic carbocycles. The smallest absolute Gasteiger partial charge is 0.460 e. The number of hydrogen-bond acceptors (Lipinski definition) is 7. The Labute approximate surface area is 326 Å². The normalized spacial score (nSPS) is 16.2. The quantitative estimate of drug-likeness (QED) is 0.133. The lowest BCUT2D eigenvalue weighted by Crippen LogP contribution is -2.75. The van der Waals surface area contributed by atoms with Gasteiger partial charge in [-0.25, -0.2) is 18.0 Å². The number of carboxylic acids is 1. The van der Waals surface area contributed by atoms with Gasteiger partial charge in [0.2, 0.25) is 5.91 Å². The van der Waals surface area contributed by atoms with Gasteiger partial charge in [0, 0.05) is 32.6 Å². The molecule has 1 aliphatic rings. The van der Waals surface area contributed by atoms with E-state index in [1.54, 1.807) is 35.6 Å². The molecule has 1 heterocycles. The topological polar surface area (TPSA) is 176 Å². The molecule has 1 atom stereocenters. The van der Waals surface area contributed by atoms with Crippen molar-refractivity contribution in [2.45, 2.75) is 85.1 Å². The Bertz CT molecular complexity index is 1820. The van der Waals surface area contributed by atoms with Crippen LogP contribution in [0.1, 0.15) is 24.8 Å². The number of aliphatic carboxylic acids is 1. The van der Waals surface area contributed by atoms with Crippen LogP contribution in [-0.2, 0) is 35.8 Å². The Morgan fingerprint density at radius 1 is 0.689 bits per heavy atom. The molecule has 1 aromatic carbocycles. The Hall–Kier alpha value is -4.59.